The number of non-ortho nitro benzene ring substituents is 1. The van der Waals surface area contributed by atoms with Crippen LogP contribution < -0.4 is 19.5 Å². The first-order valence-electron chi connectivity index (χ1n) is 7.83. The van der Waals surface area contributed by atoms with Crippen molar-refractivity contribution in [3.05, 3.63) is 52.6 Å². The van der Waals surface area contributed by atoms with Gasteiger partial charge in [0.2, 0.25) is 10.0 Å². The van der Waals surface area contributed by atoms with Gasteiger partial charge in [-0.15, -0.1) is 0 Å². The molecule has 26 heavy (non-hydrogen) atoms. The Bertz CT molecular complexity index is 899. The highest BCUT2D eigenvalue weighted by molar-refractivity contribution is 7.89. The van der Waals surface area contributed by atoms with E-state index in [4.69, 9.17) is 9.47 Å². The normalized spacial score (nSPS) is 13.2. The summed E-state index contributed by atoms with van der Waals surface area (Å²) in [4.78, 5) is 10.2. The summed E-state index contributed by atoms with van der Waals surface area (Å²) in [6.07, 6.45) is 0. The van der Waals surface area contributed by atoms with Crippen molar-refractivity contribution in [1.82, 2.24) is 4.72 Å². The van der Waals surface area contributed by atoms with Gasteiger partial charge in [-0.3, -0.25) is 10.1 Å². The van der Waals surface area contributed by atoms with Crippen LogP contribution in [-0.4, -0.2) is 39.6 Å². The number of sulfonamides is 1. The van der Waals surface area contributed by atoms with Crippen LogP contribution in [0.4, 0.5) is 11.4 Å². The Hall–Kier alpha value is -2.85. The Morgan fingerprint density at radius 1 is 1.00 bits per heavy atom. The molecular formula is C16H17N3O6S. The summed E-state index contributed by atoms with van der Waals surface area (Å²) >= 11 is 0. The minimum Gasteiger partial charge on any atom is -0.486 e. The van der Waals surface area contributed by atoms with E-state index in [2.05, 4.69) is 10.0 Å². The summed E-state index contributed by atoms with van der Waals surface area (Å²) in [6.45, 7) is 1.28. The molecule has 0 saturated heterocycles. The largest absolute Gasteiger partial charge is 0.486 e. The Balaban J connectivity index is 1.54. The highest BCUT2D eigenvalue weighted by Crippen LogP contribution is 2.32. The molecule has 2 aromatic rings. The monoisotopic (exact) mass is 379 g/mol. The molecule has 0 saturated carbocycles. The van der Waals surface area contributed by atoms with Gasteiger partial charge in [0.15, 0.2) is 11.5 Å². The molecular weight excluding hydrogens is 362 g/mol. The van der Waals surface area contributed by atoms with Crippen molar-refractivity contribution in [2.75, 3.05) is 31.6 Å². The van der Waals surface area contributed by atoms with E-state index in [-0.39, 0.29) is 17.1 Å². The third-order valence-corrected chi connectivity index (χ3v) is 5.11. The zero-order chi connectivity index (χ0) is 18.6. The number of hydrogen-bond donors (Lipinski definition) is 2. The van der Waals surface area contributed by atoms with E-state index >= 15 is 0 Å². The molecule has 138 valence electrons. The first-order valence-corrected chi connectivity index (χ1v) is 9.32. The van der Waals surface area contributed by atoms with Crippen molar-refractivity contribution in [2.24, 2.45) is 0 Å². The molecule has 1 aliphatic heterocycles. The van der Waals surface area contributed by atoms with Crippen LogP contribution in [0.2, 0.25) is 0 Å². The third-order valence-electron chi connectivity index (χ3n) is 3.65. The maximum absolute atomic E-state index is 12.3. The standard InChI is InChI=1S/C16H17N3O6S/c20-19(21)13-3-1-12(2-4-13)17-7-8-18-26(22,23)14-5-6-15-16(11-14)25-10-9-24-15/h1-6,11,17-18H,7-10H2. The number of benzene rings is 2. The predicted molar refractivity (Wildman–Crippen MR) is 94.2 cm³/mol. The van der Waals surface area contributed by atoms with Gasteiger partial charge in [-0.1, -0.05) is 0 Å². The SMILES string of the molecule is O=[N+]([O-])c1ccc(NCCNS(=O)(=O)c2ccc3c(c2)OCCO3)cc1. The van der Waals surface area contributed by atoms with Crippen molar-refractivity contribution in [1.29, 1.82) is 0 Å². The Kier molecular flexibility index (Phi) is 5.24. The maximum Gasteiger partial charge on any atom is 0.269 e. The molecule has 2 aromatic carbocycles. The van der Waals surface area contributed by atoms with Gasteiger partial charge in [-0.05, 0) is 24.3 Å². The van der Waals surface area contributed by atoms with E-state index < -0.39 is 14.9 Å². The summed E-state index contributed by atoms with van der Waals surface area (Å²) in [6, 6.07) is 10.3. The van der Waals surface area contributed by atoms with Crippen LogP contribution in [0.15, 0.2) is 47.4 Å². The number of rotatable bonds is 7. The van der Waals surface area contributed by atoms with Crippen molar-refractivity contribution in [3.63, 3.8) is 0 Å². The van der Waals surface area contributed by atoms with Crippen LogP contribution in [-0.2, 0) is 10.0 Å². The number of nitrogens with one attached hydrogen (secondary N) is 2. The number of nitrogens with zero attached hydrogens (tertiary/aromatic N) is 1. The summed E-state index contributed by atoms with van der Waals surface area (Å²) in [5.41, 5.74) is 0.656. The fourth-order valence-electron chi connectivity index (χ4n) is 2.37. The van der Waals surface area contributed by atoms with Crippen molar-refractivity contribution in [2.45, 2.75) is 4.90 Å². The second-order valence-electron chi connectivity index (χ2n) is 5.43. The number of nitro benzene ring substituents is 1. The zero-order valence-corrected chi connectivity index (χ0v) is 14.5. The summed E-state index contributed by atoms with van der Waals surface area (Å²) < 4.78 is 37.9. The number of anilines is 1. The lowest BCUT2D eigenvalue weighted by atomic mass is 10.3. The topological polar surface area (TPSA) is 120 Å². The van der Waals surface area contributed by atoms with Gasteiger partial charge in [-0.2, -0.15) is 0 Å². The van der Waals surface area contributed by atoms with Crippen LogP contribution in [0.3, 0.4) is 0 Å². The lowest BCUT2D eigenvalue weighted by molar-refractivity contribution is -0.384. The smallest absolute Gasteiger partial charge is 0.269 e. The summed E-state index contributed by atoms with van der Waals surface area (Å²) in [7, 11) is -3.68. The summed E-state index contributed by atoms with van der Waals surface area (Å²) in [5.74, 6) is 0.929. The minimum atomic E-state index is -3.68. The maximum atomic E-state index is 12.3. The lowest BCUT2D eigenvalue weighted by Gasteiger charge is -2.19. The van der Waals surface area contributed by atoms with E-state index in [0.29, 0.717) is 36.9 Å². The second-order valence-corrected chi connectivity index (χ2v) is 7.20. The van der Waals surface area contributed by atoms with Crippen molar-refractivity contribution < 1.29 is 22.8 Å². The van der Waals surface area contributed by atoms with Gasteiger partial charge in [0.05, 0.1) is 9.82 Å². The fourth-order valence-corrected chi connectivity index (χ4v) is 3.41. The van der Waals surface area contributed by atoms with Crippen LogP contribution in [0.5, 0.6) is 11.5 Å². The van der Waals surface area contributed by atoms with Crippen LogP contribution in [0.25, 0.3) is 0 Å². The molecule has 0 aliphatic carbocycles. The van der Waals surface area contributed by atoms with Crippen molar-refractivity contribution >= 4 is 21.4 Å². The molecule has 9 nitrogen and oxygen atoms in total. The minimum absolute atomic E-state index is 0.00476. The molecule has 0 spiro atoms. The van der Waals surface area contributed by atoms with E-state index in [1.165, 1.54) is 24.3 Å². The van der Waals surface area contributed by atoms with Gasteiger partial charge in [0.1, 0.15) is 13.2 Å². The quantitative estimate of drug-likeness (QED) is 0.427. The molecule has 0 radical (unpaired) electrons. The van der Waals surface area contributed by atoms with E-state index in [9.17, 15) is 18.5 Å². The Labute approximate surface area is 150 Å². The van der Waals surface area contributed by atoms with E-state index in [0.717, 1.165) is 0 Å². The highest BCUT2D eigenvalue weighted by atomic mass is 32.2. The van der Waals surface area contributed by atoms with Gasteiger partial charge < -0.3 is 14.8 Å². The Morgan fingerprint density at radius 3 is 2.38 bits per heavy atom. The van der Waals surface area contributed by atoms with Crippen LogP contribution in [0.1, 0.15) is 0 Å². The average molecular weight is 379 g/mol. The second kappa shape index (κ2) is 7.58. The average Bonchev–Trinajstić information content (AvgIpc) is 2.65. The summed E-state index contributed by atoms with van der Waals surface area (Å²) in [5, 5.41) is 13.6. The zero-order valence-electron chi connectivity index (χ0n) is 13.7. The molecule has 0 unspecified atom stereocenters. The van der Waals surface area contributed by atoms with Gasteiger partial charge in [0, 0.05) is 37.0 Å². The fraction of sp³-hybridized carbons (Fsp3) is 0.250. The molecule has 0 atom stereocenters. The first kappa shape index (κ1) is 18.0. The molecule has 0 amide bonds. The molecule has 0 fully saturated rings. The first-order chi connectivity index (χ1) is 12.5. The molecule has 0 bridgehead atoms. The molecule has 0 aromatic heterocycles. The molecule has 2 N–H and O–H groups in total. The van der Waals surface area contributed by atoms with Crippen LogP contribution >= 0.6 is 0 Å². The molecule has 3 rings (SSSR count). The van der Waals surface area contributed by atoms with E-state index in [1.807, 2.05) is 0 Å². The molecule has 1 heterocycles. The van der Waals surface area contributed by atoms with Gasteiger partial charge in [0.25, 0.3) is 5.69 Å². The number of fused-ring (bicyclic) bond motifs is 1. The predicted octanol–water partition coefficient (Wildman–Crippen LogP) is 1.76. The van der Waals surface area contributed by atoms with E-state index in [1.54, 1.807) is 18.2 Å². The third kappa shape index (κ3) is 4.21. The molecule has 10 heteroatoms. The number of nitro groups is 1. The van der Waals surface area contributed by atoms with Crippen molar-refractivity contribution in [3.8, 4) is 11.5 Å². The van der Waals surface area contributed by atoms with Gasteiger partial charge >= 0.3 is 0 Å². The lowest BCUT2D eigenvalue weighted by Crippen LogP contribution is -2.29. The highest BCUT2D eigenvalue weighted by Gasteiger charge is 2.18. The van der Waals surface area contributed by atoms with Crippen LogP contribution in [0, 0.1) is 10.1 Å². The Morgan fingerprint density at radius 2 is 1.69 bits per heavy atom. The number of ether oxygens (including phenoxy) is 2. The molecule has 1 aliphatic rings. The van der Waals surface area contributed by atoms with Gasteiger partial charge in [-0.25, -0.2) is 13.1 Å². The number of hydrogen-bond acceptors (Lipinski definition) is 7.